The number of rotatable bonds is 2. The molecule has 0 bridgehead atoms. The van der Waals surface area contributed by atoms with Gasteiger partial charge in [-0.2, -0.15) is 0 Å². The fourth-order valence-corrected chi connectivity index (χ4v) is 6.01. The van der Waals surface area contributed by atoms with E-state index in [4.69, 9.17) is 4.74 Å². The molecule has 3 nitrogen and oxygen atoms in total. The van der Waals surface area contributed by atoms with Crippen molar-refractivity contribution in [1.82, 2.24) is 0 Å². The number of aliphatic hydroxyl groups is 1. The lowest BCUT2D eigenvalue weighted by molar-refractivity contribution is -0.163. The molecule has 3 aliphatic carbocycles. The van der Waals surface area contributed by atoms with E-state index < -0.39 is 5.41 Å². The number of methoxy groups -OCH3 is 1. The molecule has 0 unspecified atom stereocenters. The molecule has 0 spiro atoms. The summed E-state index contributed by atoms with van der Waals surface area (Å²) < 4.78 is 5.18. The van der Waals surface area contributed by atoms with Crippen molar-refractivity contribution in [2.75, 3.05) is 7.11 Å². The van der Waals surface area contributed by atoms with E-state index >= 15 is 0 Å². The molecule has 0 aromatic carbocycles. The first-order chi connectivity index (χ1) is 11.2. The molecule has 3 rings (SSSR count). The normalized spacial score (nSPS) is 45.2. The molecule has 0 aromatic rings. The van der Waals surface area contributed by atoms with Crippen LogP contribution < -0.4 is 0 Å². The zero-order valence-electron chi connectivity index (χ0n) is 15.7. The Morgan fingerprint density at radius 1 is 1.33 bits per heavy atom. The van der Waals surface area contributed by atoms with E-state index in [1.165, 1.54) is 18.3 Å². The number of carbonyl (C=O) groups excluding carboxylic acids is 1. The van der Waals surface area contributed by atoms with Crippen LogP contribution in [-0.2, 0) is 9.53 Å². The summed E-state index contributed by atoms with van der Waals surface area (Å²) in [6, 6.07) is 0. The van der Waals surface area contributed by atoms with Crippen molar-refractivity contribution in [3.63, 3.8) is 0 Å². The molecule has 24 heavy (non-hydrogen) atoms. The van der Waals surface area contributed by atoms with Crippen LogP contribution in [0.3, 0.4) is 0 Å². The molecular weight excluding hydrogens is 300 g/mol. The van der Waals surface area contributed by atoms with Gasteiger partial charge in [0.1, 0.15) is 0 Å². The Bertz CT molecular complexity index is 592. The summed E-state index contributed by atoms with van der Waals surface area (Å²) in [5, 5.41) is 10.8. The molecule has 0 amide bonds. The van der Waals surface area contributed by atoms with Gasteiger partial charge < -0.3 is 9.84 Å². The number of ether oxygens (including phenoxy) is 1. The lowest BCUT2D eigenvalue weighted by Gasteiger charge is -2.57. The van der Waals surface area contributed by atoms with Gasteiger partial charge in [-0.15, -0.1) is 6.58 Å². The summed E-state index contributed by atoms with van der Waals surface area (Å²) in [5.74, 6) is 0.250. The van der Waals surface area contributed by atoms with Crippen LogP contribution in [0.4, 0.5) is 0 Å². The molecule has 3 aliphatic rings. The van der Waals surface area contributed by atoms with E-state index in [0.29, 0.717) is 5.92 Å². The van der Waals surface area contributed by atoms with Crippen LogP contribution in [0.2, 0.25) is 0 Å². The molecule has 0 heterocycles. The maximum absolute atomic E-state index is 12.6. The number of allylic oxidation sites excluding steroid dienone is 1. The van der Waals surface area contributed by atoms with Crippen LogP contribution in [-0.4, -0.2) is 24.3 Å². The van der Waals surface area contributed by atoms with Gasteiger partial charge in [0.2, 0.25) is 0 Å². The van der Waals surface area contributed by atoms with Gasteiger partial charge in [-0.1, -0.05) is 37.5 Å². The summed E-state index contributed by atoms with van der Waals surface area (Å²) in [6.07, 6.45) is 8.33. The maximum atomic E-state index is 12.6. The number of fused-ring (bicyclic) bond motifs is 2. The van der Waals surface area contributed by atoms with Crippen molar-refractivity contribution in [3.05, 3.63) is 23.8 Å². The molecule has 0 saturated heterocycles. The SMILES string of the molecule is C=C[C@]1(C)CC2=C(C[C@@H]1O)[C@@]1(C)CCC[C@](C)(C(=O)OC)[C@@H]1CC2. The van der Waals surface area contributed by atoms with E-state index in [1.54, 1.807) is 0 Å². The fourth-order valence-electron chi connectivity index (χ4n) is 6.01. The Balaban J connectivity index is 2.02. The highest BCUT2D eigenvalue weighted by molar-refractivity contribution is 5.77. The van der Waals surface area contributed by atoms with Crippen molar-refractivity contribution >= 4 is 5.97 Å². The van der Waals surface area contributed by atoms with Crippen LogP contribution >= 0.6 is 0 Å². The van der Waals surface area contributed by atoms with Gasteiger partial charge in [-0.25, -0.2) is 0 Å². The third-order valence-corrected chi connectivity index (χ3v) is 7.65. The number of hydrogen-bond acceptors (Lipinski definition) is 3. The average molecular weight is 332 g/mol. The lowest BCUT2D eigenvalue weighted by atomic mass is 9.47. The van der Waals surface area contributed by atoms with Crippen LogP contribution in [0, 0.1) is 22.2 Å². The Labute approximate surface area is 146 Å². The highest BCUT2D eigenvalue weighted by atomic mass is 16.5. The molecule has 134 valence electrons. The largest absolute Gasteiger partial charge is 0.469 e. The van der Waals surface area contributed by atoms with Crippen molar-refractivity contribution in [3.8, 4) is 0 Å². The number of esters is 1. The summed E-state index contributed by atoms with van der Waals surface area (Å²) in [6.45, 7) is 10.5. The highest BCUT2D eigenvalue weighted by Crippen LogP contribution is 2.63. The van der Waals surface area contributed by atoms with Gasteiger partial charge in [0.25, 0.3) is 0 Å². The minimum Gasteiger partial charge on any atom is -0.469 e. The first-order valence-corrected chi connectivity index (χ1v) is 9.33. The van der Waals surface area contributed by atoms with E-state index in [1.807, 2.05) is 6.08 Å². The van der Waals surface area contributed by atoms with Gasteiger partial charge in [-0.05, 0) is 56.8 Å². The average Bonchev–Trinajstić information content (AvgIpc) is 2.55. The zero-order valence-corrected chi connectivity index (χ0v) is 15.7. The summed E-state index contributed by atoms with van der Waals surface area (Å²) in [5.41, 5.74) is 2.33. The predicted octanol–water partition coefficient (Wildman–Crippen LogP) is 4.41. The zero-order chi connectivity index (χ0) is 17.8. The van der Waals surface area contributed by atoms with Gasteiger partial charge in [0.05, 0.1) is 18.6 Å². The van der Waals surface area contributed by atoms with E-state index in [0.717, 1.165) is 44.9 Å². The topological polar surface area (TPSA) is 46.5 Å². The minimum atomic E-state index is -0.398. The second-order valence-electron chi connectivity index (χ2n) is 8.96. The van der Waals surface area contributed by atoms with E-state index in [-0.39, 0.29) is 22.9 Å². The van der Waals surface area contributed by atoms with Gasteiger partial charge in [0.15, 0.2) is 0 Å². The summed E-state index contributed by atoms with van der Waals surface area (Å²) in [7, 11) is 1.51. The van der Waals surface area contributed by atoms with Crippen LogP contribution in [0.15, 0.2) is 23.8 Å². The van der Waals surface area contributed by atoms with Gasteiger partial charge in [0, 0.05) is 5.41 Å². The van der Waals surface area contributed by atoms with Crippen molar-refractivity contribution in [2.24, 2.45) is 22.2 Å². The standard InChI is InChI=1S/C21H32O3/c1-6-19(2)13-14-8-9-16-20(3,15(14)12-17(19)22)10-7-11-21(16,4)18(23)24-5/h6,16-17,22H,1,7-13H2,2-5H3/t16-,17+,19-,20-,21+/m1/s1. The molecule has 0 aromatic heterocycles. The molecule has 0 radical (unpaired) electrons. The predicted molar refractivity (Wildman–Crippen MR) is 95.4 cm³/mol. The van der Waals surface area contributed by atoms with Crippen LogP contribution in [0.1, 0.15) is 65.7 Å². The number of hydrogen-bond donors (Lipinski definition) is 1. The Morgan fingerprint density at radius 3 is 2.67 bits per heavy atom. The van der Waals surface area contributed by atoms with Gasteiger partial charge >= 0.3 is 5.97 Å². The minimum absolute atomic E-state index is 0.0122. The second kappa shape index (κ2) is 5.72. The first-order valence-electron chi connectivity index (χ1n) is 9.33. The molecule has 5 atom stereocenters. The number of aliphatic hydroxyl groups excluding tert-OH is 1. The third-order valence-electron chi connectivity index (χ3n) is 7.65. The van der Waals surface area contributed by atoms with Crippen molar-refractivity contribution in [1.29, 1.82) is 0 Å². The quantitative estimate of drug-likeness (QED) is 0.602. The summed E-state index contributed by atoms with van der Waals surface area (Å²) in [4.78, 5) is 12.6. The van der Waals surface area contributed by atoms with Crippen LogP contribution in [0.25, 0.3) is 0 Å². The monoisotopic (exact) mass is 332 g/mol. The Morgan fingerprint density at radius 2 is 2.04 bits per heavy atom. The molecule has 0 aliphatic heterocycles. The molecule has 3 heteroatoms. The Hall–Kier alpha value is -1.09. The van der Waals surface area contributed by atoms with Crippen molar-refractivity contribution in [2.45, 2.75) is 71.8 Å². The van der Waals surface area contributed by atoms with Crippen LogP contribution in [0.5, 0.6) is 0 Å². The van der Waals surface area contributed by atoms with Gasteiger partial charge in [-0.3, -0.25) is 4.79 Å². The number of carbonyl (C=O) groups is 1. The Kier molecular flexibility index (Phi) is 4.23. The van der Waals surface area contributed by atoms with Crippen molar-refractivity contribution < 1.29 is 14.6 Å². The highest BCUT2D eigenvalue weighted by Gasteiger charge is 2.57. The maximum Gasteiger partial charge on any atom is 0.311 e. The summed E-state index contributed by atoms with van der Waals surface area (Å²) >= 11 is 0. The smallest absolute Gasteiger partial charge is 0.311 e. The molecule has 1 fully saturated rings. The fraction of sp³-hybridized carbons (Fsp3) is 0.762. The molecule has 1 N–H and O–H groups in total. The first kappa shape index (κ1) is 17.7. The van der Waals surface area contributed by atoms with E-state index in [2.05, 4.69) is 27.4 Å². The van der Waals surface area contributed by atoms with E-state index in [9.17, 15) is 9.90 Å². The third kappa shape index (κ3) is 2.31. The second-order valence-corrected chi connectivity index (χ2v) is 8.96. The molecular formula is C21H32O3. The molecule has 1 saturated carbocycles. The lowest BCUT2D eigenvalue weighted by Crippen LogP contribution is -2.52.